The minimum atomic E-state index is 0.468. The van der Waals surface area contributed by atoms with Gasteiger partial charge in [0.25, 0.3) is 0 Å². The third kappa shape index (κ3) is 4.18. The fraction of sp³-hybridized carbons (Fsp3) is 0.571. The van der Waals surface area contributed by atoms with E-state index in [1.54, 1.807) is 0 Å². The molecule has 0 spiro atoms. The highest BCUT2D eigenvalue weighted by molar-refractivity contribution is 7.99. The summed E-state index contributed by atoms with van der Waals surface area (Å²) in [5.41, 5.74) is 1.39. The second kappa shape index (κ2) is 6.97. The van der Waals surface area contributed by atoms with Crippen LogP contribution < -0.4 is 5.32 Å². The van der Waals surface area contributed by atoms with Crippen molar-refractivity contribution in [3.63, 3.8) is 0 Å². The molecule has 0 saturated heterocycles. The molecule has 0 heterocycles. The van der Waals surface area contributed by atoms with Gasteiger partial charge in [0.05, 0.1) is 0 Å². The molecular weight excluding hydrogens is 214 g/mol. The Labute approximate surface area is 104 Å². The maximum absolute atomic E-state index is 3.67. The van der Waals surface area contributed by atoms with Gasteiger partial charge in [0.1, 0.15) is 0 Å². The Balaban J connectivity index is 2.62. The van der Waals surface area contributed by atoms with Crippen LogP contribution >= 0.6 is 11.8 Å². The molecule has 0 saturated carbocycles. The number of nitrogens with one attached hydrogen (secondary N) is 1. The summed E-state index contributed by atoms with van der Waals surface area (Å²) in [6.07, 6.45) is 2.17. The Hall–Kier alpha value is -0.470. The van der Waals surface area contributed by atoms with Crippen LogP contribution in [-0.4, -0.2) is 18.1 Å². The highest BCUT2D eigenvalue weighted by Crippen LogP contribution is 2.21. The maximum atomic E-state index is 3.67. The van der Waals surface area contributed by atoms with Crippen LogP contribution in [0.4, 0.5) is 0 Å². The molecule has 0 bridgehead atoms. The lowest BCUT2D eigenvalue weighted by molar-refractivity contribution is 0.415. The molecule has 1 N–H and O–H groups in total. The Morgan fingerprint density at radius 1 is 1.12 bits per heavy atom. The zero-order chi connectivity index (χ0) is 12.0. The lowest BCUT2D eigenvalue weighted by atomic mass is 9.96. The topological polar surface area (TPSA) is 12.0 Å². The predicted molar refractivity (Wildman–Crippen MR) is 75.0 cm³/mol. The van der Waals surface area contributed by atoms with Crippen molar-refractivity contribution in [2.24, 2.45) is 5.92 Å². The molecule has 0 aromatic heterocycles. The van der Waals surface area contributed by atoms with Gasteiger partial charge >= 0.3 is 0 Å². The molecule has 0 aliphatic carbocycles. The molecule has 1 aromatic rings. The van der Waals surface area contributed by atoms with Gasteiger partial charge in [-0.25, -0.2) is 0 Å². The molecule has 1 rings (SSSR count). The van der Waals surface area contributed by atoms with Gasteiger partial charge in [-0.05, 0) is 17.7 Å². The van der Waals surface area contributed by atoms with Crippen LogP contribution in [0.25, 0.3) is 0 Å². The molecule has 16 heavy (non-hydrogen) atoms. The van der Waals surface area contributed by atoms with Crippen molar-refractivity contribution in [3.05, 3.63) is 35.9 Å². The summed E-state index contributed by atoms with van der Waals surface area (Å²) in [4.78, 5) is 0. The number of rotatable bonds is 6. The molecule has 90 valence electrons. The zero-order valence-electron chi connectivity index (χ0n) is 10.7. The van der Waals surface area contributed by atoms with E-state index in [2.05, 4.69) is 62.7 Å². The van der Waals surface area contributed by atoms with Crippen LogP contribution in [0, 0.1) is 5.92 Å². The van der Waals surface area contributed by atoms with E-state index in [1.165, 1.54) is 5.56 Å². The van der Waals surface area contributed by atoms with E-state index in [1.807, 2.05) is 11.8 Å². The first-order valence-electron chi connectivity index (χ1n) is 5.96. The van der Waals surface area contributed by atoms with Crippen LogP contribution in [0.2, 0.25) is 0 Å². The summed E-state index contributed by atoms with van der Waals surface area (Å²) in [7, 11) is 0. The van der Waals surface area contributed by atoms with Crippen LogP contribution in [0.5, 0.6) is 0 Å². The Kier molecular flexibility index (Phi) is 5.93. The van der Waals surface area contributed by atoms with Gasteiger partial charge in [0.15, 0.2) is 0 Å². The van der Waals surface area contributed by atoms with Crippen molar-refractivity contribution >= 4 is 11.8 Å². The summed E-state index contributed by atoms with van der Waals surface area (Å²) in [6.45, 7) is 7.88. The Morgan fingerprint density at radius 3 is 2.25 bits per heavy atom. The van der Waals surface area contributed by atoms with Crippen molar-refractivity contribution in [1.29, 1.82) is 0 Å². The molecule has 1 nitrogen and oxygen atoms in total. The first-order chi connectivity index (χ1) is 7.65. The molecule has 0 aliphatic heterocycles. The average Bonchev–Trinajstić information content (AvgIpc) is 2.30. The van der Waals surface area contributed by atoms with E-state index in [-0.39, 0.29) is 0 Å². The highest BCUT2D eigenvalue weighted by Gasteiger charge is 2.15. The second-order valence-electron chi connectivity index (χ2n) is 4.59. The Morgan fingerprint density at radius 2 is 1.75 bits per heavy atom. The van der Waals surface area contributed by atoms with Crippen molar-refractivity contribution in [2.75, 3.05) is 12.8 Å². The fourth-order valence-electron chi connectivity index (χ4n) is 1.78. The van der Waals surface area contributed by atoms with E-state index in [0.29, 0.717) is 17.2 Å². The average molecular weight is 237 g/mol. The van der Waals surface area contributed by atoms with Gasteiger partial charge in [-0.3, -0.25) is 0 Å². The summed E-state index contributed by atoms with van der Waals surface area (Å²) < 4.78 is 0. The summed E-state index contributed by atoms with van der Waals surface area (Å²) >= 11 is 1.91. The number of hydrogen-bond acceptors (Lipinski definition) is 2. The van der Waals surface area contributed by atoms with Crippen LogP contribution in [-0.2, 0) is 0 Å². The molecule has 0 radical (unpaired) electrons. The molecule has 0 aliphatic rings. The molecular formula is C14H23NS. The van der Waals surface area contributed by atoms with Crippen LogP contribution in [0.15, 0.2) is 30.3 Å². The predicted octanol–water partition coefficient (Wildman–Crippen LogP) is 3.72. The van der Waals surface area contributed by atoms with Crippen LogP contribution in [0.3, 0.4) is 0 Å². The van der Waals surface area contributed by atoms with Gasteiger partial charge in [0.2, 0.25) is 0 Å². The number of hydrogen-bond donors (Lipinski definition) is 1. The Bertz CT molecular complexity index is 284. The van der Waals surface area contributed by atoms with E-state index in [0.717, 1.165) is 6.54 Å². The minimum absolute atomic E-state index is 0.468. The van der Waals surface area contributed by atoms with Gasteiger partial charge in [-0.2, -0.15) is 11.8 Å². The quantitative estimate of drug-likeness (QED) is 0.809. The normalized spacial score (nSPS) is 15.1. The lowest BCUT2D eigenvalue weighted by Gasteiger charge is -2.24. The minimum Gasteiger partial charge on any atom is -0.309 e. The second-order valence-corrected chi connectivity index (χ2v) is 5.86. The van der Waals surface area contributed by atoms with E-state index < -0.39 is 0 Å². The summed E-state index contributed by atoms with van der Waals surface area (Å²) in [6, 6.07) is 11.2. The van der Waals surface area contributed by atoms with Crippen molar-refractivity contribution in [2.45, 2.75) is 32.1 Å². The van der Waals surface area contributed by atoms with Crippen LogP contribution in [0.1, 0.15) is 32.4 Å². The molecule has 2 heteroatoms. The zero-order valence-corrected chi connectivity index (χ0v) is 11.6. The smallest absolute Gasteiger partial charge is 0.0343 e. The maximum Gasteiger partial charge on any atom is 0.0343 e. The van der Waals surface area contributed by atoms with Gasteiger partial charge in [0, 0.05) is 17.8 Å². The van der Waals surface area contributed by atoms with Crippen molar-refractivity contribution < 1.29 is 0 Å². The first kappa shape index (κ1) is 13.6. The van der Waals surface area contributed by atoms with E-state index in [4.69, 9.17) is 0 Å². The lowest BCUT2D eigenvalue weighted by Crippen LogP contribution is -2.30. The monoisotopic (exact) mass is 237 g/mol. The number of thioether (sulfide) groups is 1. The van der Waals surface area contributed by atoms with Gasteiger partial charge < -0.3 is 5.32 Å². The molecule has 2 atom stereocenters. The molecule has 0 amide bonds. The summed E-state index contributed by atoms with van der Waals surface area (Å²) in [5, 5.41) is 4.34. The third-order valence-electron chi connectivity index (χ3n) is 2.85. The number of benzene rings is 1. The SMILES string of the molecule is CSC(C)CNC(c1ccccc1)C(C)C. The van der Waals surface area contributed by atoms with Crippen molar-refractivity contribution in [3.8, 4) is 0 Å². The molecule has 0 fully saturated rings. The fourth-order valence-corrected chi connectivity index (χ4v) is 2.04. The largest absolute Gasteiger partial charge is 0.309 e. The molecule has 1 aromatic carbocycles. The third-order valence-corrected chi connectivity index (χ3v) is 3.82. The summed E-state index contributed by atoms with van der Waals surface area (Å²) in [5.74, 6) is 0.622. The highest BCUT2D eigenvalue weighted by atomic mass is 32.2. The van der Waals surface area contributed by atoms with E-state index >= 15 is 0 Å². The molecule has 2 unspecified atom stereocenters. The van der Waals surface area contributed by atoms with Crippen molar-refractivity contribution in [1.82, 2.24) is 5.32 Å². The van der Waals surface area contributed by atoms with Gasteiger partial charge in [-0.15, -0.1) is 0 Å². The standard InChI is InChI=1S/C14H23NS/c1-11(2)14(15-10-12(3)16-4)13-8-6-5-7-9-13/h5-9,11-12,14-15H,10H2,1-4H3. The van der Waals surface area contributed by atoms with E-state index in [9.17, 15) is 0 Å². The van der Waals surface area contributed by atoms with Gasteiger partial charge in [-0.1, -0.05) is 51.1 Å². The first-order valence-corrected chi connectivity index (χ1v) is 7.25.